The van der Waals surface area contributed by atoms with Gasteiger partial charge in [0.15, 0.2) is 17.7 Å². The predicted molar refractivity (Wildman–Crippen MR) is 93.9 cm³/mol. The SMILES string of the molecule is C[C@H](NC(=O)c1ccccc1)C(=O)O[C@H](C)C(=O)Nc1ccc(F)c(F)c1. The van der Waals surface area contributed by atoms with Crippen LogP contribution in [-0.4, -0.2) is 29.9 Å². The number of benzene rings is 2. The lowest BCUT2D eigenvalue weighted by atomic mass is 10.2. The molecular weight excluding hydrogens is 358 g/mol. The molecule has 0 unspecified atom stereocenters. The van der Waals surface area contributed by atoms with Crippen molar-refractivity contribution in [3.05, 3.63) is 65.7 Å². The van der Waals surface area contributed by atoms with Crippen molar-refractivity contribution < 1.29 is 27.9 Å². The average Bonchev–Trinajstić information content (AvgIpc) is 2.65. The highest BCUT2D eigenvalue weighted by atomic mass is 19.2. The van der Waals surface area contributed by atoms with Gasteiger partial charge in [-0.15, -0.1) is 0 Å². The first-order valence-corrected chi connectivity index (χ1v) is 8.10. The molecule has 0 aliphatic carbocycles. The molecule has 6 nitrogen and oxygen atoms in total. The Balaban J connectivity index is 1.88. The monoisotopic (exact) mass is 376 g/mol. The fourth-order valence-electron chi connectivity index (χ4n) is 2.08. The molecular formula is C19H18F2N2O4. The Morgan fingerprint density at radius 2 is 1.63 bits per heavy atom. The topological polar surface area (TPSA) is 84.5 Å². The number of ether oxygens (including phenoxy) is 1. The molecule has 0 bridgehead atoms. The summed E-state index contributed by atoms with van der Waals surface area (Å²) in [4.78, 5) is 36.1. The molecule has 0 aliphatic heterocycles. The largest absolute Gasteiger partial charge is 0.451 e. The molecule has 0 aliphatic rings. The van der Waals surface area contributed by atoms with Crippen molar-refractivity contribution in [2.45, 2.75) is 26.0 Å². The van der Waals surface area contributed by atoms with Crippen LogP contribution in [0.1, 0.15) is 24.2 Å². The molecule has 0 heterocycles. The fraction of sp³-hybridized carbons (Fsp3) is 0.211. The lowest BCUT2D eigenvalue weighted by molar-refractivity contribution is -0.154. The maximum absolute atomic E-state index is 13.2. The molecule has 2 amide bonds. The standard InChI is InChI=1S/C19H18F2N2O4/c1-11(22-18(25)13-6-4-3-5-7-13)19(26)27-12(2)17(24)23-14-8-9-15(20)16(21)10-14/h3-12H,1-2H3,(H,22,25)(H,23,24)/t11-,12+/m0/s1. The summed E-state index contributed by atoms with van der Waals surface area (Å²) < 4.78 is 31.1. The number of hydrogen-bond donors (Lipinski definition) is 2. The summed E-state index contributed by atoms with van der Waals surface area (Å²) in [5, 5.41) is 4.78. The third kappa shape index (κ3) is 5.60. The number of hydrogen-bond acceptors (Lipinski definition) is 4. The Morgan fingerprint density at radius 1 is 0.963 bits per heavy atom. The third-order valence-electron chi connectivity index (χ3n) is 3.59. The highest BCUT2D eigenvalue weighted by molar-refractivity contribution is 5.98. The molecule has 0 radical (unpaired) electrons. The third-order valence-corrected chi connectivity index (χ3v) is 3.59. The van der Waals surface area contributed by atoms with Gasteiger partial charge in [-0.1, -0.05) is 18.2 Å². The molecule has 2 N–H and O–H groups in total. The summed E-state index contributed by atoms with van der Waals surface area (Å²) in [6.07, 6.45) is -1.21. The zero-order chi connectivity index (χ0) is 20.0. The van der Waals surface area contributed by atoms with E-state index >= 15 is 0 Å². The van der Waals surface area contributed by atoms with Crippen LogP contribution in [-0.2, 0) is 14.3 Å². The lowest BCUT2D eigenvalue weighted by Gasteiger charge is -2.17. The van der Waals surface area contributed by atoms with Crippen molar-refractivity contribution in [1.82, 2.24) is 5.32 Å². The first-order chi connectivity index (χ1) is 12.8. The van der Waals surface area contributed by atoms with Gasteiger partial charge >= 0.3 is 5.97 Å². The minimum atomic E-state index is -1.21. The van der Waals surface area contributed by atoms with Gasteiger partial charge in [-0.3, -0.25) is 9.59 Å². The predicted octanol–water partition coefficient (Wildman–Crippen LogP) is 2.65. The van der Waals surface area contributed by atoms with E-state index in [1.54, 1.807) is 30.3 Å². The minimum Gasteiger partial charge on any atom is -0.451 e. The van der Waals surface area contributed by atoms with Crippen LogP contribution in [0.25, 0.3) is 0 Å². The van der Waals surface area contributed by atoms with Gasteiger partial charge in [0.1, 0.15) is 6.04 Å². The Kier molecular flexibility index (Phi) is 6.59. The van der Waals surface area contributed by atoms with E-state index in [2.05, 4.69) is 10.6 Å². The van der Waals surface area contributed by atoms with Crippen molar-refractivity contribution in [2.24, 2.45) is 0 Å². The van der Waals surface area contributed by atoms with Crippen LogP contribution < -0.4 is 10.6 Å². The van der Waals surface area contributed by atoms with Crippen LogP contribution in [0.2, 0.25) is 0 Å². The number of rotatable bonds is 6. The van der Waals surface area contributed by atoms with Crippen LogP contribution in [0.5, 0.6) is 0 Å². The number of nitrogens with one attached hydrogen (secondary N) is 2. The Labute approximate surface area is 154 Å². The summed E-state index contributed by atoms with van der Waals surface area (Å²) in [7, 11) is 0. The smallest absolute Gasteiger partial charge is 0.329 e. The zero-order valence-electron chi connectivity index (χ0n) is 14.7. The molecule has 0 saturated carbocycles. The number of esters is 1. The maximum atomic E-state index is 13.2. The second kappa shape index (κ2) is 8.88. The van der Waals surface area contributed by atoms with Gasteiger partial charge in [-0.2, -0.15) is 0 Å². The summed E-state index contributed by atoms with van der Waals surface area (Å²) in [5.74, 6) is -4.16. The van der Waals surface area contributed by atoms with Gasteiger partial charge < -0.3 is 15.4 Å². The van der Waals surface area contributed by atoms with E-state index in [4.69, 9.17) is 4.74 Å². The van der Waals surface area contributed by atoms with E-state index in [0.717, 1.165) is 12.1 Å². The summed E-state index contributed by atoms with van der Waals surface area (Å²) >= 11 is 0. The molecule has 2 atom stereocenters. The summed E-state index contributed by atoms with van der Waals surface area (Å²) in [6, 6.07) is 10.2. The normalized spacial score (nSPS) is 12.6. The molecule has 0 fully saturated rings. The van der Waals surface area contributed by atoms with Gasteiger partial charge in [-0.05, 0) is 38.1 Å². The molecule has 0 spiro atoms. The van der Waals surface area contributed by atoms with Crippen LogP contribution in [0.3, 0.4) is 0 Å². The second-order valence-corrected chi connectivity index (χ2v) is 5.76. The molecule has 0 aromatic heterocycles. The van der Waals surface area contributed by atoms with E-state index in [0.29, 0.717) is 5.56 Å². The highest BCUT2D eigenvalue weighted by Crippen LogP contribution is 2.13. The fourth-order valence-corrected chi connectivity index (χ4v) is 2.08. The van der Waals surface area contributed by atoms with Crippen molar-refractivity contribution in [3.8, 4) is 0 Å². The van der Waals surface area contributed by atoms with Gasteiger partial charge in [0.2, 0.25) is 0 Å². The molecule has 0 saturated heterocycles. The number of halogens is 2. The van der Waals surface area contributed by atoms with Crippen LogP contribution in [0.15, 0.2) is 48.5 Å². The molecule has 2 aromatic rings. The van der Waals surface area contributed by atoms with Crippen molar-refractivity contribution in [3.63, 3.8) is 0 Å². The highest BCUT2D eigenvalue weighted by Gasteiger charge is 2.23. The van der Waals surface area contributed by atoms with Gasteiger partial charge in [-0.25, -0.2) is 13.6 Å². The second-order valence-electron chi connectivity index (χ2n) is 5.76. The summed E-state index contributed by atoms with van der Waals surface area (Å²) in [5.41, 5.74) is 0.397. The van der Waals surface area contributed by atoms with Gasteiger partial charge in [0.05, 0.1) is 0 Å². The number of carbonyl (C=O) groups is 3. The average molecular weight is 376 g/mol. The van der Waals surface area contributed by atoms with Crippen molar-refractivity contribution >= 4 is 23.5 Å². The number of amides is 2. The van der Waals surface area contributed by atoms with Crippen molar-refractivity contribution in [2.75, 3.05) is 5.32 Å². The van der Waals surface area contributed by atoms with E-state index in [-0.39, 0.29) is 5.69 Å². The number of carbonyl (C=O) groups excluding carboxylic acids is 3. The van der Waals surface area contributed by atoms with Crippen molar-refractivity contribution in [1.29, 1.82) is 0 Å². The molecule has 142 valence electrons. The molecule has 27 heavy (non-hydrogen) atoms. The first kappa shape index (κ1) is 20.0. The van der Waals surface area contributed by atoms with Gasteiger partial charge in [0.25, 0.3) is 11.8 Å². The maximum Gasteiger partial charge on any atom is 0.329 e. The summed E-state index contributed by atoms with van der Waals surface area (Å²) in [6.45, 7) is 2.74. The van der Waals surface area contributed by atoms with E-state index in [1.165, 1.54) is 19.9 Å². The minimum absolute atomic E-state index is 0.0206. The van der Waals surface area contributed by atoms with Gasteiger partial charge in [0, 0.05) is 17.3 Å². The van der Waals surface area contributed by atoms with E-state index < -0.39 is 41.6 Å². The number of anilines is 1. The van der Waals surface area contributed by atoms with E-state index in [1.807, 2.05) is 0 Å². The Bertz CT molecular complexity index is 843. The Morgan fingerprint density at radius 3 is 2.26 bits per heavy atom. The van der Waals surface area contributed by atoms with Crippen LogP contribution in [0, 0.1) is 11.6 Å². The molecule has 8 heteroatoms. The molecule has 2 rings (SSSR count). The van der Waals surface area contributed by atoms with Crippen LogP contribution in [0.4, 0.5) is 14.5 Å². The zero-order valence-corrected chi connectivity index (χ0v) is 14.7. The molecule has 2 aromatic carbocycles. The van der Waals surface area contributed by atoms with Crippen LogP contribution >= 0.6 is 0 Å². The quantitative estimate of drug-likeness (QED) is 0.759. The Hall–Kier alpha value is -3.29. The lowest BCUT2D eigenvalue weighted by Crippen LogP contribution is -2.42. The first-order valence-electron chi connectivity index (χ1n) is 8.10. The van der Waals surface area contributed by atoms with E-state index in [9.17, 15) is 23.2 Å².